The van der Waals surface area contributed by atoms with Gasteiger partial charge >= 0.3 is 0 Å². The lowest BCUT2D eigenvalue weighted by Gasteiger charge is -2.05. The van der Waals surface area contributed by atoms with Crippen LogP contribution in [0.5, 0.6) is 0 Å². The van der Waals surface area contributed by atoms with E-state index in [4.69, 9.17) is 23.2 Å². The summed E-state index contributed by atoms with van der Waals surface area (Å²) in [6, 6.07) is 7.90. The minimum absolute atomic E-state index is 0.412. The topological polar surface area (TPSA) is 17.8 Å². The van der Waals surface area contributed by atoms with Gasteiger partial charge in [-0.1, -0.05) is 23.7 Å². The van der Waals surface area contributed by atoms with Crippen molar-refractivity contribution >= 4 is 39.1 Å². The number of nitrogens with zero attached hydrogens (tertiary/aromatic N) is 2. The van der Waals surface area contributed by atoms with E-state index < -0.39 is 0 Å². The molecule has 1 heterocycles. The highest BCUT2D eigenvalue weighted by molar-refractivity contribution is 9.10. The normalized spacial score (nSPS) is 15.1. The second-order valence-electron chi connectivity index (χ2n) is 4.43. The number of benzene rings is 1. The minimum atomic E-state index is 0.412. The molecule has 2 nitrogen and oxygen atoms in total. The Morgan fingerprint density at radius 2 is 2.06 bits per heavy atom. The second kappa shape index (κ2) is 4.87. The molecule has 1 aromatic carbocycles. The lowest BCUT2D eigenvalue weighted by Crippen LogP contribution is -1.98. The first-order chi connectivity index (χ1) is 8.72. The molecule has 1 aromatic heterocycles. The van der Waals surface area contributed by atoms with Crippen molar-refractivity contribution in [3.05, 3.63) is 45.1 Å². The number of aromatic nitrogens is 2. The summed E-state index contributed by atoms with van der Waals surface area (Å²) in [5.74, 6) is 0.953. The molecule has 1 aliphatic rings. The molecule has 0 bridgehead atoms. The molecule has 1 saturated carbocycles. The molecule has 18 heavy (non-hydrogen) atoms. The van der Waals surface area contributed by atoms with Gasteiger partial charge in [0.05, 0.1) is 17.3 Å². The Morgan fingerprint density at radius 3 is 2.67 bits per heavy atom. The first-order valence-corrected chi connectivity index (χ1v) is 7.51. The second-order valence-corrected chi connectivity index (χ2v) is 5.91. The van der Waals surface area contributed by atoms with Crippen molar-refractivity contribution in [2.45, 2.75) is 24.6 Å². The lowest BCUT2D eigenvalue weighted by molar-refractivity contribution is 0.834. The van der Waals surface area contributed by atoms with Gasteiger partial charge < -0.3 is 0 Å². The van der Waals surface area contributed by atoms with Crippen LogP contribution in [0.25, 0.3) is 5.69 Å². The van der Waals surface area contributed by atoms with Crippen LogP contribution in [0.1, 0.15) is 30.0 Å². The van der Waals surface area contributed by atoms with E-state index in [-0.39, 0.29) is 0 Å². The van der Waals surface area contributed by atoms with Crippen LogP contribution in [0.15, 0.2) is 28.7 Å². The van der Waals surface area contributed by atoms with Gasteiger partial charge in [-0.05, 0) is 40.9 Å². The molecule has 0 N–H and O–H groups in total. The van der Waals surface area contributed by atoms with E-state index in [0.29, 0.717) is 17.0 Å². The van der Waals surface area contributed by atoms with Crippen LogP contribution in [0.4, 0.5) is 0 Å². The van der Waals surface area contributed by atoms with Crippen molar-refractivity contribution in [2.24, 2.45) is 0 Å². The third-order valence-corrected chi connectivity index (χ3v) is 4.46. The Labute approximate surface area is 124 Å². The highest BCUT2D eigenvalue weighted by Gasteiger charge is 2.31. The fourth-order valence-electron chi connectivity index (χ4n) is 2.04. The molecule has 0 atom stereocenters. The molecule has 94 valence electrons. The van der Waals surface area contributed by atoms with Gasteiger partial charge in [0.15, 0.2) is 0 Å². The number of hydrogen-bond acceptors (Lipinski definition) is 1. The molecule has 5 heteroatoms. The van der Waals surface area contributed by atoms with Gasteiger partial charge in [-0.25, -0.2) is 4.68 Å². The summed E-state index contributed by atoms with van der Waals surface area (Å²) in [5.41, 5.74) is 2.98. The zero-order valence-corrected chi connectivity index (χ0v) is 12.6. The van der Waals surface area contributed by atoms with Gasteiger partial charge in [-0.2, -0.15) is 5.10 Å². The predicted molar refractivity (Wildman–Crippen MR) is 77.8 cm³/mol. The standard InChI is InChI=1S/C13H11BrCl2N2/c14-10-3-1-2-4-11(10)18-13(16)9(7-15)12(17-18)8-5-6-8/h1-4,8H,5-7H2. The Balaban J connectivity index is 2.15. The van der Waals surface area contributed by atoms with E-state index in [0.717, 1.165) is 21.4 Å². The van der Waals surface area contributed by atoms with Crippen LogP contribution in [-0.4, -0.2) is 9.78 Å². The largest absolute Gasteiger partial charge is 0.220 e. The zero-order valence-electron chi connectivity index (χ0n) is 9.54. The van der Waals surface area contributed by atoms with E-state index >= 15 is 0 Å². The third kappa shape index (κ3) is 2.09. The number of halogens is 3. The van der Waals surface area contributed by atoms with Gasteiger partial charge in [-0.15, -0.1) is 11.6 Å². The van der Waals surface area contributed by atoms with Crippen molar-refractivity contribution in [2.75, 3.05) is 0 Å². The van der Waals surface area contributed by atoms with Crippen molar-refractivity contribution in [3.8, 4) is 5.69 Å². The minimum Gasteiger partial charge on any atom is -0.220 e. The van der Waals surface area contributed by atoms with Gasteiger partial charge in [0, 0.05) is 16.0 Å². The number of para-hydroxylation sites is 1. The van der Waals surface area contributed by atoms with Crippen LogP contribution >= 0.6 is 39.1 Å². The molecular formula is C13H11BrCl2N2. The van der Waals surface area contributed by atoms with E-state index in [9.17, 15) is 0 Å². The Bertz CT molecular complexity index is 591. The summed E-state index contributed by atoms with van der Waals surface area (Å²) >= 11 is 15.9. The smallest absolute Gasteiger partial charge is 0.137 e. The van der Waals surface area contributed by atoms with Gasteiger partial charge in [-0.3, -0.25) is 0 Å². The zero-order chi connectivity index (χ0) is 12.7. The molecule has 0 aliphatic heterocycles. The van der Waals surface area contributed by atoms with Gasteiger partial charge in [0.25, 0.3) is 0 Å². The van der Waals surface area contributed by atoms with Crippen molar-refractivity contribution in [1.29, 1.82) is 0 Å². The average molecular weight is 346 g/mol. The molecule has 0 spiro atoms. The first-order valence-electron chi connectivity index (χ1n) is 5.80. The first kappa shape index (κ1) is 12.5. The van der Waals surface area contributed by atoms with Gasteiger partial charge in [0.2, 0.25) is 0 Å². The van der Waals surface area contributed by atoms with Crippen molar-refractivity contribution in [1.82, 2.24) is 9.78 Å². The number of hydrogen-bond donors (Lipinski definition) is 0. The SMILES string of the molecule is ClCc1c(C2CC2)nn(-c2ccccc2Br)c1Cl. The lowest BCUT2D eigenvalue weighted by atomic mass is 10.2. The Hall–Kier alpha value is -0.510. The molecule has 1 fully saturated rings. The van der Waals surface area contributed by atoms with Gasteiger partial charge in [0.1, 0.15) is 5.15 Å². The molecular weight excluding hydrogens is 335 g/mol. The van der Waals surface area contributed by atoms with Crippen molar-refractivity contribution < 1.29 is 0 Å². The van der Waals surface area contributed by atoms with E-state index in [1.165, 1.54) is 12.8 Å². The quantitative estimate of drug-likeness (QED) is 0.723. The van der Waals surface area contributed by atoms with Crippen LogP contribution < -0.4 is 0 Å². The van der Waals surface area contributed by atoms with E-state index in [1.54, 1.807) is 4.68 Å². The number of alkyl halides is 1. The fraction of sp³-hybridized carbons (Fsp3) is 0.308. The van der Waals surface area contributed by atoms with Crippen LogP contribution in [0.3, 0.4) is 0 Å². The molecule has 1 aliphatic carbocycles. The molecule has 0 unspecified atom stereocenters. The van der Waals surface area contributed by atoms with E-state index in [2.05, 4.69) is 21.0 Å². The summed E-state index contributed by atoms with van der Waals surface area (Å²) in [4.78, 5) is 0. The summed E-state index contributed by atoms with van der Waals surface area (Å²) in [5, 5.41) is 5.27. The molecule has 3 rings (SSSR count). The summed E-state index contributed by atoms with van der Waals surface area (Å²) in [7, 11) is 0. The summed E-state index contributed by atoms with van der Waals surface area (Å²) < 4.78 is 2.75. The molecule has 2 aromatic rings. The maximum absolute atomic E-state index is 6.40. The van der Waals surface area contributed by atoms with Crippen LogP contribution in [0, 0.1) is 0 Å². The average Bonchev–Trinajstić information content (AvgIpc) is 3.15. The molecule has 0 saturated heterocycles. The van der Waals surface area contributed by atoms with Crippen LogP contribution in [-0.2, 0) is 5.88 Å². The van der Waals surface area contributed by atoms with Crippen LogP contribution in [0.2, 0.25) is 5.15 Å². The Kier molecular flexibility index (Phi) is 3.39. The molecule has 0 amide bonds. The van der Waals surface area contributed by atoms with Crippen molar-refractivity contribution in [3.63, 3.8) is 0 Å². The summed E-state index contributed by atoms with van der Waals surface area (Å²) in [6.07, 6.45) is 2.38. The maximum atomic E-state index is 6.40. The maximum Gasteiger partial charge on any atom is 0.137 e. The monoisotopic (exact) mass is 344 g/mol. The molecule has 0 radical (unpaired) electrons. The van der Waals surface area contributed by atoms with E-state index in [1.807, 2.05) is 24.3 Å². The highest BCUT2D eigenvalue weighted by atomic mass is 79.9. The Morgan fingerprint density at radius 1 is 1.33 bits per heavy atom. The third-order valence-electron chi connectivity index (χ3n) is 3.13. The fourth-order valence-corrected chi connectivity index (χ4v) is 3.11. The summed E-state index contributed by atoms with van der Waals surface area (Å²) in [6.45, 7) is 0. The predicted octanol–water partition coefficient (Wildman–Crippen LogP) is 4.90. The number of rotatable bonds is 3. The highest BCUT2D eigenvalue weighted by Crippen LogP contribution is 2.43.